The molecule has 0 unspecified atom stereocenters. The van der Waals surface area contributed by atoms with E-state index < -0.39 is 27.5 Å². The lowest BCUT2D eigenvalue weighted by atomic mass is 9.81. The smallest absolute Gasteiger partial charge is 0.312 e. The molecule has 0 amide bonds. The van der Waals surface area contributed by atoms with Crippen LogP contribution in [0.4, 0.5) is 0 Å². The summed E-state index contributed by atoms with van der Waals surface area (Å²) in [5, 5.41) is 21.7. The molecule has 0 spiro atoms. The summed E-state index contributed by atoms with van der Waals surface area (Å²) >= 11 is 0. The Hall–Kier alpha value is -4.01. The van der Waals surface area contributed by atoms with Gasteiger partial charge in [-0.05, 0) is 62.0 Å². The van der Waals surface area contributed by atoms with Crippen LogP contribution in [-0.2, 0) is 44.0 Å². The van der Waals surface area contributed by atoms with Gasteiger partial charge in [0.25, 0.3) is 0 Å². The molecule has 1 aliphatic heterocycles. The van der Waals surface area contributed by atoms with Gasteiger partial charge in [-0.2, -0.15) is 4.31 Å². The van der Waals surface area contributed by atoms with Gasteiger partial charge < -0.3 is 19.3 Å². The molecule has 1 aromatic heterocycles. The molecule has 0 saturated heterocycles. The largest absolute Gasteiger partial charge is 0.488 e. The van der Waals surface area contributed by atoms with Crippen molar-refractivity contribution in [1.82, 2.24) is 19.3 Å². The minimum atomic E-state index is -3.86. The van der Waals surface area contributed by atoms with E-state index in [1.54, 1.807) is 49.0 Å². The number of hydrogen-bond acceptors (Lipinski definition) is 9. The third kappa shape index (κ3) is 7.73. The van der Waals surface area contributed by atoms with E-state index in [2.05, 4.69) is 20.3 Å². The first kappa shape index (κ1) is 32.9. The number of para-hydroxylation sites is 1. The second-order valence-corrected chi connectivity index (χ2v) is 13.0. The predicted molar refractivity (Wildman–Crippen MR) is 159 cm³/mol. The SMILES string of the molecule is Cc1ccc([C@H](OCc2cn(CCOCCN=[N+]=[N-])nn2)C(C)(C)C(=O)O)cc1CN1C[C@@H](C)Oc2ccccc2S1(=O)=O. The van der Waals surface area contributed by atoms with E-state index in [0.717, 1.165) is 11.1 Å². The predicted octanol–water partition coefficient (Wildman–Crippen LogP) is 4.25. The quantitative estimate of drug-likeness (QED) is 0.118. The van der Waals surface area contributed by atoms with Crippen LogP contribution in [0.5, 0.6) is 5.75 Å². The van der Waals surface area contributed by atoms with Crippen LogP contribution in [0, 0.1) is 12.3 Å². The first-order valence-corrected chi connectivity index (χ1v) is 15.6. The van der Waals surface area contributed by atoms with E-state index >= 15 is 0 Å². The Morgan fingerprint density at radius 3 is 2.80 bits per heavy atom. The Balaban J connectivity index is 1.54. The molecule has 0 bridgehead atoms. The zero-order valence-corrected chi connectivity index (χ0v) is 26.0. The van der Waals surface area contributed by atoms with Gasteiger partial charge in [-0.15, -0.1) is 5.10 Å². The fraction of sp³-hybridized carbons (Fsp3) is 0.483. The van der Waals surface area contributed by atoms with E-state index in [4.69, 9.17) is 19.7 Å². The molecule has 4 rings (SSSR count). The topological polar surface area (TPSA) is 182 Å². The molecular formula is C29H37N7O7S. The number of benzene rings is 2. The van der Waals surface area contributed by atoms with Crippen molar-refractivity contribution in [2.24, 2.45) is 10.5 Å². The molecule has 2 heterocycles. The first-order valence-electron chi connectivity index (χ1n) is 14.1. The van der Waals surface area contributed by atoms with E-state index in [0.29, 0.717) is 36.8 Å². The minimum Gasteiger partial charge on any atom is -0.488 e. The maximum absolute atomic E-state index is 13.6. The highest BCUT2D eigenvalue weighted by Crippen LogP contribution is 2.39. The normalized spacial score (nSPS) is 17.1. The van der Waals surface area contributed by atoms with E-state index in [9.17, 15) is 18.3 Å². The van der Waals surface area contributed by atoms with Crippen LogP contribution >= 0.6 is 0 Å². The van der Waals surface area contributed by atoms with Crippen LogP contribution in [0.3, 0.4) is 0 Å². The van der Waals surface area contributed by atoms with Crippen molar-refractivity contribution in [3.63, 3.8) is 0 Å². The van der Waals surface area contributed by atoms with Crippen LogP contribution in [0.25, 0.3) is 10.4 Å². The number of rotatable bonds is 14. The molecule has 1 N–H and O–H groups in total. The summed E-state index contributed by atoms with van der Waals surface area (Å²) in [6, 6.07) is 12.0. The number of aliphatic carboxylic acids is 1. The van der Waals surface area contributed by atoms with Crippen LogP contribution < -0.4 is 4.74 Å². The number of sulfonamides is 1. The molecule has 0 saturated carbocycles. The average Bonchev–Trinajstić information content (AvgIpc) is 3.40. The van der Waals surface area contributed by atoms with Crippen molar-refractivity contribution in [1.29, 1.82) is 0 Å². The molecular weight excluding hydrogens is 590 g/mol. The van der Waals surface area contributed by atoms with E-state index in [1.165, 1.54) is 10.4 Å². The maximum atomic E-state index is 13.6. The third-order valence-corrected chi connectivity index (χ3v) is 9.18. The number of azide groups is 1. The van der Waals surface area contributed by atoms with Gasteiger partial charge in [0.2, 0.25) is 10.0 Å². The van der Waals surface area contributed by atoms with E-state index in [-0.39, 0.29) is 37.2 Å². The lowest BCUT2D eigenvalue weighted by molar-refractivity contribution is -0.158. The summed E-state index contributed by atoms with van der Waals surface area (Å²) in [4.78, 5) is 15.1. The van der Waals surface area contributed by atoms with Crippen molar-refractivity contribution in [2.45, 2.75) is 64.5 Å². The summed E-state index contributed by atoms with van der Waals surface area (Å²) in [6.07, 6.45) is 0.418. The lowest BCUT2D eigenvalue weighted by Crippen LogP contribution is -2.36. The van der Waals surface area contributed by atoms with Gasteiger partial charge in [-0.3, -0.25) is 4.79 Å². The Morgan fingerprint density at radius 1 is 1.27 bits per heavy atom. The standard InChI is InChI=1S/C29H37N7O7S/c1-20-9-10-22(15-23(20)17-36-16-21(2)43-25-7-5-6-8-26(25)44(36,39)40)27(29(3,4)28(37)38)42-19-24-18-35(34-32-24)12-14-41-13-11-31-33-30/h5-10,15,18,21,27H,11-14,16-17,19H2,1-4H3,(H,37,38)/t21-,27+/m1/s1. The zero-order chi connectivity index (χ0) is 31.9. The number of nitrogens with zero attached hydrogens (tertiary/aromatic N) is 7. The first-order chi connectivity index (χ1) is 20.9. The number of carboxylic acid groups (broad SMARTS) is 1. The zero-order valence-electron chi connectivity index (χ0n) is 25.2. The Bertz CT molecular complexity index is 1620. The maximum Gasteiger partial charge on any atom is 0.312 e. The lowest BCUT2D eigenvalue weighted by Gasteiger charge is -2.31. The summed E-state index contributed by atoms with van der Waals surface area (Å²) in [6.45, 7) is 8.38. The molecule has 44 heavy (non-hydrogen) atoms. The highest BCUT2D eigenvalue weighted by molar-refractivity contribution is 7.89. The van der Waals surface area contributed by atoms with Crippen molar-refractivity contribution in [2.75, 3.05) is 26.3 Å². The van der Waals surface area contributed by atoms with Crippen molar-refractivity contribution < 1.29 is 32.5 Å². The van der Waals surface area contributed by atoms with Gasteiger partial charge >= 0.3 is 5.97 Å². The molecule has 2 atom stereocenters. The number of hydrogen-bond donors (Lipinski definition) is 1. The van der Waals surface area contributed by atoms with Crippen molar-refractivity contribution in [3.8, 4) is 5.75 Å². The number of aryl methyl sites for hydroxylation is 1. The molecule has 0 radical (unpaired) electrons. The average molecular weight is 628 g/mol. The van der Waals surface area contributed by atoms with E-state index in [1.807, 2.05) is 26.0 Å². The molecule has 1 aliphatic rings. The number of fused-ring (bicyclic) bond motifs is 1. The van der Waals surface area contributed by atoms with Gasteiger partial charge in [0.05, 0.1) is 50.6 Å². The second-order valence-electron chi connectivity index (χ2n) is 11.1. The van der Waals surface area contributed by atoms with Crippen LogP contribution in [-0.4, -0.2) is 71.2 Å². The van der Waals surface area contributed by atoms with Crippen LogP contribution in [0.15, 0.2) is 58.7 Å². The molecule has 15 heteroatoms. The Kier molecular flexibility index (Phi) is 10.6. The van der Waals surface area contributed by atoms with Crippen LogP contribution in [0.2, 0.25) is 0 Å². The monoisotopic (exact) mass is 627 g/mol. The number of carbonyl (C=O) groups is 1. The minimum absolute atomic E-state index is 0.00549. The highest BCUT2D eigenvalue weighted by Gasteiger charge is 2.40. The number of ether oxygens (including phenoxy) is 3. The molecule has 236 valence electrons. The van der Waals surface area contributed by atoms with Gasteiger partial charge in [0.1, 0.15) is 22.4 Å². The molecule has 0 fully saturated rings. The van der Waals surface area contributed by atoms with Crippen molar-refractivity contribution in [3.05, 3.63) is 81.5 Å². The fourth-order valence-corrected chi connectivity index (χ4v) is 6.44. The Morgan fingerprint density at radius 2 is 2.05 bits per heavy atom. The van der Waals surface area contributed by atoms with Gasteiger partial charge in [-0.25, -0.2) is 13.1 Å². The summed E-state index contributed by atoms with van der Waals surface area (Å²) in [7, 11) is -3.86. The van der Waals surface area contributed by atoms with Gasteiger partial charge in [0, 0.05) is 18.0 Å². The van der Waals surface area contributed by atoms with Crippen LogP contribution in [0.1, 0.15) is 49.3 Å². The summed E-state index contributed by atoms with van der Waals surface area (Å²) < 4.78 is 47.8. The van der Waals surface area contributed by atoms with Gasteiger partial charge in [0.15, 0.2) is 0 Å². The molecule has 2 aromatic carbocycles. The summed E-state index contributed by atoms with van der Waals surface area (Å²) in [5.74, 6) is -0.733. The fourth-order valence-electron chi connectivity index (χ4n) is 4.83. The second kappa shape index (κ2) is 14.2. The molecule has 14 nitrogen and oxygen atoms in total. The number of carboxylic acids is 1. The highest BCUT2D eigenvalue weighted by atomic mass is 32.2. The molecule has 3 aromatic rings. The van der Waals surface area contributed by atoms with Crippen molar-refractivity contribution >= 4 is 16.0 Å². The van der Waals surface area contributed by atoms with Gasteiger partial charge in [-0.1, -0.05) is 40.7 Å². The summed E-state index contributed by atoms with van der Waals surface area (Å²) in [5.41, 5.74) is 9.65. The molecule has 0 aliphatic carbocycles. The third-order valence-electron chi connectivity index (χ3n) is 7.33. The number of aromatic nitrogens is 3. The Labute approximate surface area is 256 Å².